The molecule has 1 aliphatic heterocycles. The number of likely N-dealkylation sites (N-methyl/N-ethyl adjacent to an activating group) is 1. The molecular weight excluding hydrogens is 210 g/mol. The van der Waals surface area contributed by atoms with Gasteiger partial charge in [-0.1, -0.05) is 0 Å². The second-order valence-electron chi connectivity index (χ2n) is 5.65. The Kier molecular flexibility index (Phi) is 2.89. The van der Waals surface area contributed by atoms with E-state index in [0.29, 0.717) is 12.0 Å². The number of likely N-dealkylation sites (tertiary alicyclic amines) is 1. The highest BCUT2D eigenvalue weighted by molar-refractivity contribution is 5.34. The average molecular weight is 231 g/mol. The number of fused-ring (bicyclic) bond motifs is 1. The summed E-state index contributed by atoms with van der Waals surface area (Å²) in [5, 5.41) is 0. The molecule has 17 heavy (non-hydrogen) atoms. The lowest BCUT2D eigenvalue weighted by Crippen LogP contribution is -2.31. The molecule has 2 atom stereocenters. The van der Waals surface area contributed by atoms with E-state index in [1.807, 2.05) is 0 Å². The minimum atomic E-state index is 0.316. The molecule has 2 unspecified atom stereocenters. The van der Waals surface area contributed by atoms with E-state index in [9.17, 15) is 0 Å². The maximum absolute atomic E-state index is 6.00. The van der Waals surface area contributed by atoms with E-state index in [2.05, 4.69) is 29.2 Å². The lowest BCUT2D eigenvalue weighted by molar-refractivity contribution is 0.248. The maximum atomic E-state index is 6.00. The van der Waals surface area contributed by atoms with Crippen molar-refractivity contribution in [2.45, 2.75) is 37.6 Å². The predicted octanol–water partition coefficient (Wildman–Crippen LogP) is 1.32. The fourth-order valence-electron chi connectivity index (χ4n) is 3.19. The van der Waals surface area contributed by atoms with Crippen LogP contribution in [0.2, 0.25) is 0 Å². The van der Waals surface area contributed by atoms with Crippen LogP contribution < -0.4 is 5.73 Å². The molecule has 1 aromatic rings. The molecule has 92 valence electrons. The molecule has 2 aliphatic rings. The Labute approximate surface area is 103 Å². The van der Waals surface area contributed by atoms with Crippen molar-refractivity contribution in [3.8, 4) is 0 Å². The molecule has 0 amide bonds. The van der Waals surface area contributed by atoms with Crippen LogP contribution in [0.4, 0.5) is 0 Å². The molecule has 0 spiro atoms. The number of aromatic nitrogens is 1. The van der Waals surface area contributed by atoms with E-state index in [0.717, 1.165) is 19.4 Å². The van der Waals surface area contributed by atoms with Crippen LogP contribution >= 0.6 is 0 Å². The van der Waals surface area contributed by atoms with Crippen molar-refractivity contribution in [3.05, 3.63) is 29.1 Å². The van der Waals surface area contributed by atoms with E-state index >= 15 is 0 Å². The zero-order chi connectivity index (χ0) is 11.8. The Morgan fingerprint density at radius 1 is 1.35 bits per heavy atom. The van der Waals surface area contributed by atoms with Crippen molar-refractivity contribution in [1.82, 2.24) is 9.88 Å². The summed E-state index contributed by atoms with van der Waals surface area (Å²) in [4.78, 5) is 7.07. The van der Waals surface area contributed by atoms with Crippen LogP contribution in [0.5, 0.6) is 0 Å². The van der Waals surface area contributed by atoms with Crippen LogP contribution in [0.15, 0.2) is 12.3 Å². The molecular formula is C14H21N3. The van der Waals surface area contributed by atoms with Crippen LogP contribution in [0.1, 0.15) is 35.6 Å². The largest absolute Gasteiger partial charge is 0.327 e. The van der Waals surface area contributed by atoms with Crippen molar-refractivity contribution in [2.75, 3.05) is 20.1 Å². The van der Waals surface area contributed by atoms with Gasteiger partial charge in [0.15, 0.2) is 0 Å². The van der Waals surface area contributed by atoms with Gasteiger partial charge in [0, 0.05) is 30.4 Å². The summed E-state index contributed by atoms with van der Waals surface area (Å²) in [6.45, 7) is 2.38. The zero-order valence-corrected chi connectivity index (χ0v) is 10.5. The van der Waals surface area contributed by atoms with Crippen molar-refractivity contribution < 1.29 is 0 Å². The van der Waals surface area contributed by atoms with Gasteiger partial charge in [0.2, 0.25) is 0 Å². The smallest absolute Gasteiger partial charge is 0.0450 e. The van der Waals surface area contributed by atoms with Gasteiger partial charge in [0.1, 0.15) is 0 Å². The summed E-state index contributed by atoms with van der Waals surface area (Å²) in [7, 11) is 2.20. The average Bonchev–Trinajstić information content (AvgIpc) is 2.68. The number of rotatable bonds is 1. The Hall–Kier alpha value is -0.930. The third-order valence-electron chi connectivity index (χ3n) is 4.11. The van der Waals surface area contributed by atoms with Gasteiger partial charge in [-0.05, 0) is 56.5 Å². The Morgan fingerprint density at radius 2 is 2.18 bits per heavy atom. The monoisotopic (exact) mass is 231 g/mol. The van der Waals surface area contributed by atoms with Crippen molar-refractivity contribution in [1.29, 1.82) is 0 Å². The molecule has 0 saturated carbocycles. The number of piperidine rings is 1. The lowest BCUT2D eigenvalue weighted by atomic mass is 9.93. The molecule has 1 saturated heterocycles. The number of hydrogen-bond acceptors (Lipinski definition) is 3. The minimum absolute atomic E-state index is 0.316. The van der Waals surface area contributed by atoms with Crippen LogP contribution in [0.25, 0.3) is 0 Å². The zero-order valence-electron chi connectivity index (χ0n) is 10.5. The third-order valence-corrected chi connectivity index (χ3v) is 4.11. The molecule has 0 radical (unpaired) electrons. The molecule has 0 aromatic carbocycles. The summed E-state index contributed by atoms with van der Waals surface area (Å²) in [6.07, 6.45) is 6.67. The molecule has 3 nitrogen and oxygen atoms in total. The summed E-state index contributed by atoms with van der Waals surface area (Å²) in [5.41, 5.74) is 10.1. The van der Waals surface area contributed by atoms with Gasteiger partial charge in [-0.2, -0.15) is 0 Å². The molecule has 3 rings (SSSR count). The molecule has 2 N–H and O–H groups in total. The normalized spacial score (nSPS) is 29.3. The van der Waals surface area contributed by atoms with Gasteiger partial charge in [0.25, 0.3) is 0 Å². The molecule has 0 bridgehead atoms. The molecule has 1 aromatic heterocycles. The summed E-state index contributed by atoms with van der Waals surface area (Å²) < 4.78 is 0. The van der Waals surface area contributed by atoms with E-state index in [4.69, 9.17) is 5.73 Å². The molecule has 2 heterocycles. The highest BCUT2D eigenvalue weighted by Crippen LogP contribution is 2.28. The van der Waals surface area contributed by atoms with E-state index in [1.54, 1.807) is 0 Å². The highest BCUT2D eigenvalue weighted by atomic mass is 15.1. The Bertz CT molecular complexity index is 416. The first-order chi connectivity index (χ1) is 8.22. The van der Waals surface area contributed by atoms with Crippen LogP contribution in [-0.4, -0.2) is 36.1 Å². The molecule has 1 aliphatic carbocycles. The van der Waals surface area contributed by atoms with Gasteiger partial charge >= 0.3 is 0 Å². The SMILES string of the molecule is CN1CCCC(c2cc3c(cn2)CC(N)C3)C1. The van der Waals surface area contributed by atoms with Gasteiger partial charge in [0.05, 0.1) is 0 Å². The van der Waals surface area contributed by atoms with Crippen LogP contribution in [-0.2, 0) is 12.8 Å². The topological polar surface area (TPSA) is 42.2 Å². The highest BCUT2D eigenvalue weighted by Gasteiger charge is 2.23. The van der Waals surface area contributed by atoms with Gasteiger partial charge in [-0.25, -0.2) is 0 Å². The van der Waals surface area contributed by atoms with Crippen molar-refractivity contribution in [2.24, 2.45) is 5.73 Å². The number of hydrogen-bond donors (Lipinski definition) is 1. The Morgan fingerprint density at radius 3 is 3.00 bits per heavy atom. The van der Waals surface area contributed by atoms with E-state index in [1.165, 1.54) is 36.2 Å². The first kappa shape index (κ1) is 11.2. The van der Waals surface area contributed by atoms with E-state index in [-0.39, 0.29) is 0 Å². The standard InChI is InChI=1S/C14H21N3/c1-17-4-2-3-10(9-17)14-7-11-5-13(15)6-12(11)8-16-14/h7-8,10,13H,2-6,9,15H2,1H3. The van der Waals surface area contributed by atoms with Crippen LogP contribution in [0.3, 0.4) is 0 Å². The quantitative estimate of drug-likeness (QED) is 0.792. The first-order valence-corrected chi connectivity index (χ1v) is 6.64. The molecule has 1 fully saturated rings. The fraction of sp³-hybridized carbons (Fsp3) is 0.643. The predicted molar refractivity (Wildman–Crippen MR) is 69.1 cm³/mol. The van der Waals surface area contributed by atoms with Crippen molar-refractivity contribution >= 4 is 0 Å². The number of nitrogens with zero attached hydrogens (tertiary/aromatic N) is 2. The summed E-state index contributed by atoms with van der Waals surface area (Å²) >= 11 is 0. The second kappa shape index (κ2) is 4.39. The van der Waals surface area contributed by atoms with Crippen LogP contribution in [0, 0.1) is 0 Å². The van der Waals surface area contributed by atoms with E-state index < -0.39 is 0 Å². The first-order valence-electron chi connectivity index (χ1n) is 6.64. The molecule has 3 heteroatoms. The number of nitrogens with two attached hydrogens (primary N) is 1. The summed E-state index contributed by atoms with van der Waals surface area (Å²) in [6, 6.07) is 2.63. The van der Waals surface area contributed by atoms with Gasteiger partial charge in [-0.3, -0.25) is 4.98 Å². The second-order valence-corrected chi connectivity index (χ2v) is 5.65. The third kappa shape index (κ3) is 2.22. The number of pyridine rings is 1. The van der Waals surface area contributed by atoms with Gasteiger partial charge in [-0.15, -0.1) is 0 Å². The maximum Gasteiger partial charge on any atom is 0.0450 e. The minimum Gasteiger partial charge on any atom is -0.327 e. The Balaban J connectivity index is 1.82. The summed E-state index contributed by atoms with van der Waals surface area (Å²) in [5.74, 6) is 0.621. The lowest BCUT2D eigenvalue weighted by Gasteiger charge is -2.29. The fourth-order valence-corrected chi connectivity index (χ4v) is 3.19. The van der Waals surface area contributed by atoms with Gasteiger partial charge < -0.3 is 10.6 Å². The van der Waals surface area contributed by atoms with Crippen molar-refractivity contribution in [3.63, 3.8) is 0 Å².